The van der Waals surface area contributed by atoms with E-state index in [9.17, 15) is 21.6 Å². The van der Waals surface area contributed by atoms with Gasteiger partial charge in [0.25, 0.3) is 0 Å². The predicted molar refractivity (Wildman–Crippen MR) is 76.4 cm³/mol. The first-order valence-electron chi connectivity index (χ1n) is 6.40. The van der Waals surface area contributed by atoms with Crippen LogP contribution >= 0.6 is 0 Å². The Morgan fingerprint density at radius 2 is 1.86 bits per heavy atom. The van der Waals surface area contributed by atoms with Crippen molar-refractivity contribution >= 4 is 21.0 Å². The molecule has 1 heterocycles. The van der Waals surface area contributed by atoms with Gasteiger partial charge in [-0.25, -0.2) is 21.6 Å². The number of benzene rings is 1. The molecule has 1 aliphatic heterocycles. The lowest BCUT2D eigenvalue weighted by molar-refractivity contribution is 0.0123. The summed E-state index contributed by atoms with van der Waals surface area (Å²) in [7, 11) is -3.65. The van der Waals surface area contributed by atoms with Crippen LogP contribution in [0.4, 0.5) is 13.2 Å². The van der Waals surface area contributed by atoms with E-state index in [1.165, 1.54) is 12.2 Å². The highest BCUT2D eigenvalue weighted by molar-refractivity contribution is 8.06. The minimum absolute atomic E-state index is 0.0246. The summed E-state index contributed by atoms with van der Waals surface area (Å²) in [4.78, 5) is 4.99. The first-order chi connectivity index (χ1) is 10.1. The molecule has 0 amide bonds. The molecular formula is C14H14F3NO3S. The molecule has 0 spiro atoms. The van der Waals surface area contributed by atoms with E-state index in [2.05, 4.69) is 5.16 Å². The van der Waals surface area contributed by atoms with E-state index in [1.54, 1.807) is 13.8 Å². The molecule has 0 unspecified atom stereocenters. The Morgan fingerprint density at radius 1 is 1.27 bits per heavy atom. The molecule has 0 saturated carbocycles. The average Bonchev–Trinajstić information content (AvgIpc) is 2.77. The Bertz CT molecular complexity index is 732. The smallest absolute Gasteiger partial charge is 0.198 e. The van der Waals surface area contributed by atoms with E-state index < -0.39 is 38.6 Å². The van der Waals surface area contributed by atoms with Gasteiger partial charge >= 0.3 is 0 Å². The van der Waals surface area contributed by atoms with Gasteiger partial charge in [-0.3, -0.25) is 0 Å². The van der Waals surface area contributed by atoms with Crippen molar-refractivity contribution in [2.45, 2.75) is 25.9 Å². The second-order valence-corrected chi connectivity index (χ2v) is 7.53. The van der Waals surface area contributed by atoms with E-state index in [0.29, 0.717) is 0 Å². The van der Waals surface area contributed by atoms with Gasteiger partial charge in [0, 0.05) is 6.42 Å². The molecule has 0 atom stereocenters. The Balaban J connectivity index is 2.10. The van der Waals surface area contributed by atoms with Gasteiger partial charge < -0.3 is 4.84 Å². The summed E-state index contributed by atoms with van der Waals surface area (Å²) in [6.07, 6.45) is 2.57. The van der Waals surface area contributed by atoms with E-state index in [1.807, 2.05) is 0 Å². The molecule has 1 aromatic carbocycles. The molecule has 0 aromatic heterocycles. The molecule has 1 aromatic rings. The molecule has 2 rings (SSSR count). The van der Waals surface area contributed by atoms with E-state index in [4.69, 9.17) is 4.84 Å². The van der Waals surface area contributed by atoms with Crippen LogP contribution in [0.2, 0.25) is 0 Å². The Morgan fingerprint density at radius 3 is 2.36 bits per heavy atom. The second kappa shape index (κ2) is 5.75. The Labute approximate surface area is 126 Å². The summed E-state index contributed by atoms with van der Waals surface area (Å²) in [6.45, 7) is 3.41. The number of oxime groups is 1. The minimum Gasteiger partial charge on any atom is -0.389 e. The van der Waals surface area contributed by atoms with Crippen molar-refractivity contribution in [2.75, 3.05) is 5.75 Å². The largest absolute Gasteiger partial charge is 0.389 e. The predicted octanol–water partition coefficient (Wildman–Crippen LogP) is 3.04. The van der Waals surface area contributed by atoms with Crippen molar-refractivity contribution in [1.82, 2.24) is 0 Å². The van der Waals surface area contributed by atoms with E-state index >= 15 is 0 Å². The van der Waals surface area contributed by atoms with Crippen LogP contribution in [0, 0.1) is 17.5 Å². The highest BCUT2D eigenvalue weighted by Crippen LogP contribution is 2.25. The van der Waals surface area contributed by atoms with Crippen LogP contribution in [0.3, 0.4) is 0 Å². The molecule has 1 aliphatic rings. The lowest BCUT2D eigenvalue weighted by atomic mass is 10.1. The van der Waals surface area contributed by atoms with Crippen molar-refractivity contribution in [3.63, 3.8) is 0 Å². The number of hydrogen-bond donors (Lipinski definition) is 0. The van der Waals surface area contributed by atoms with Crippen molar-refractivity contribution in [1.29, 1.82) is 0 Å². The summed E-state index contributed by atoms with van der Waals surface area (Å²) in [5.74, 6) is -4.63. The molecule has 0 N–H and O–H groups in total. The summed E-state index contributed by atoms with van der Waals surface area (Å²) >= 11 is 0. The Kier molecular flexibility index (Phi) is 4.32. The van der Waals surface area contributed by atoms with Crippen LogP contribution in [-0.2, 0) is 14.7 Å². The first-order valence-corrected chi connectivity index (χ1v) is 8.05. The fourth-order valence-electron chi connectivity index (χ4n) is 1.85. The molecule has 0 bridgehead atoms. The first kappa shape index (κ1) is 16.5. The fourth-order valence-corrected chi connectivity index (χ4v) is 3.11. The molecule has 4 nitrogen and oxygen atoms in total. The number of rotatable bonds is 3. The lowest BCUT2D eigenvalue weighted by Gasteiger charge is -2.12. The van der Waals surface area contributed by atoms with E-state index in [-0.39, 0.29) is 17.0 Å². The van der Waals surface area contributed by atoms with Crippen LogP contribution in [0.5, 0.6) is 0 Å². The van der Waals surface area contributed by atoms with E-state index in [0.717, 1.165) is 12.1 Å². The molecule has 8 heteroatoms. The molecule has 120 valence electrons. The van der Waals surface area contributed by atoms with Crippen molar-refractivity contribution in [3.05, 3.63) is 41.2 Å². The lowest BCUT2D eigenvalue weighted by Crippen LogP contribution is -2.23. The van der Waals surface area contributed by atoms with Crippen molar-refractivity contribution in [2.24, 2.45) is 5.16 Å². The Hall–Kier alpha value is -1.83. The van der Waals surface area contributed by atoms with Crippen LogP contribution in [0.15, 0.2) is 23.4 Å². The van der Waals surface area contributed by atoms with Gasteiger partial charge in [-0.05, 0) is 31.5 Å². The third-order valence-corrected chi connectivity index (χ3v) is 4.53. The van der Waals surface area contributed by atoms with Gasteiger partial charge in [-0.1, -0.05) is 17.3 Å². The fraction of sp³-hybridized carbons (Fsp3) is 0.357. The summed E-state index contributed by atoms with van der Waals surface area (Å²) in [5.41, 5.74) is -0.647. The number of nitrogens with zero attached hydrogens (tertiary/aromatic N) is 1. The molecule has 0 radical (unpaired) electrons. The highest BCUT2D eigenvalue weighted by atomic mass is 32.2. The maximum atomic E-state index is 13.0. The number of sulfone groups is 1. The number of hydrogen-bond acceptors (Lipinski definition) is 4. The molecule has 0 aliphatic carbocycles. The van der Waals surface area contributed by atoms with Gasteiger partial charge in [0.2, 0.25) is 0 Å². The van der Waals surface area contributed by atoms with Crippen molar-refractivity contribution in [3.8, 4) is 0 Å². The summed E-state index contributed by atoms with van der Waals surface area (Å²) in [5, 5.41) is 3.48. The molecule has 0 saturated heterocycles. The van der Waals surface area contributed by atoms with Gasteiger partial charge in [0.15, 0.2) is 32.3 Å². The van der Waals surface area contributed by atoms with Gasteiger partial charge in [-0.2, -0.15) is 0 Å². The van der Waals surface area contributed by atoms with Gasteiger partial charge in [0.1, 0.15) is 5.60 Å². The zero-order valence-corrected chi connectivity index (χ0v) is 12.8. The minimum atomic E-state index is -3.65. The van der Waals surface area contributed by atoms with Crippen LogP contribution in [-0.4, -0.2) is 24.8 Å². The molecule has 0 fully saturated rings. The third kappa shape index (κ3) is 3.68. The maximum Gasteiger partial charge on any atom is 0.198 e. The molecule has 22 heavy (non-hydrogen) atoms. The molecular weight excluding hydrogens is 319 g/mol. The second-order valence-electron chi connectivity index (χ2n) is 5.50. The van der Waals surface area contributed by atoms with Gasteiger partial charge in [0.05, 0.1) is 5.75 Å². The quantitative estimate of drug-likeness (QED) is 0.799. The van der Waals surface area contributed by atoms with Crippen LogP contribution < -0.4 is 0 Å². The van der Waals surface area contributed by atoms with Crippen molar-refractivity contribution < 1.29 is 26.4 Å². The summed E-state index contributed by atoms with van der Waals surface area (Å²) in [6, 6.07) is 1.56. The normalized spacial score (nSPS) is 17.6. The highest BCUT2D eigenvalue weighted by Gasteiger charge is 2.35. The SMILES string of the molecule is CC1(C)CC(S(=O)(=O)C/C=C/c2cc(F)c(F)c(F)c2)=NO1. The monoisotopic (exact) mass is 333 g/mol. The maximum absolute atomic E-state index is 13.0. The standard InChI is InChI=1S/C14H14F3NO3S/c1-14(2)8-12(18-21-14)22(19,20)5-3-4-9-6-10(15)13(17)11(16)7-9/h3-4,6-7H,5,8H2,1-2H3/b4-3+. The zero-order chi connectivity index (χ0) is 16.5. The van der Waals surface area contributed by atoms with Crippen LogP contribution in [0.1, 0.15) is 25.8 Å². The zero-order valence-electron chi connectivity index (χ0n) is 11.9. The third-order valence-electron chi connectivity index (χ3n) is 2.96. The average molecular weight is 333 g/mol. The number of halogens is 3. The topological polar surface area (TPSA) is 55.7 Å². The van der Waals surface area contributed by atoms with Gasteiger partial charge in [-0.15, -0.1) is 0 Å². The van der Waals surface area contributed by atoms with Crippen LogP contribution in [0.25, 0.3) is 6.08 Å². The summed E-state index contributed by atoms with van der Waals surface area (Å²) < 4.78 is 62.9.